The maximum absolute atomic E-state index is 12.6. The van der Waals surface area contributed by atoms with E-state index >= 15 is 0 Å². The van der Waals surface area contributed by atoms with E-state index in [0.717, 1.165) is 29.8 Å². The monoisotopic (exact) mass is 390 g/mol. The van der Waals surface area contributed by atoms with Crippen LogP contribution in [0.4, 0.5) is 5.69 Å². The van der Waals surface area contributed by atoms with Gasteiger partial charge in [0, 0.05) is 23.2 Å². The fourth-order valence-electron chi connectivity index (χ4n) is 4.41. The van der Waals surface area contributed by atoms with Crippen LogP contribution in [0.25, 0.3) is 0 Å². The van der Waals surface area contributed by atoms with Crippen molar-refractivity contribution in [2.45, 2.75) is 51.6 Å². The zero-order valence-corrected chi connectivity index (χ0v) is 17.4. The zero-order chi connectivity index (χ0) is 20.4. The Morgan fingerprint density at radius 2 is 2.00 bits per heavy atom. The van der Waals surface area contributed by atoms with E-state index in [1.54, 1.807) is 0 Å². The van der Waals surface area contributed by atoms with Crippen LogP contribution in [-0.2, 0) is 0 Å². The molecule has 1 aliphatic carbocycles. The Balaban J connectivity index is 1.61. The van der Waals surface area contributed by atoms with Gasteiger partial charge >= 0.3 is 0 Å². The molecule has 0 spiro atoms. The first-order valence-corrected chi connectivity index (χ1v) is 10.7. The first kappa shape index (κ1) is 19.6. The third-order valence-electron chi connectivity index (χ3n) is 6.17. The molecule has 4 rings (SSSR count). The first-order chi connectivity index (χ1) is 14.1. The van der Waals surface area contributed by atoms with Crippen LogP contribution in [0.1, 0.15) is 67.1 Å². The van der Waals surface area contributed by atoms with Gasteiger partial charge in [0.25, 0.3) is 5.91 Å². The van der Waals surface area contributed by atoms with Crippen molar-refractivity contribution in [3.05, 3.63) is 71.3 Å². The highest BCUT2D eigenvalue weighted by atomic mass is 16.5. The van der Waals surface area contributed by atoms with Gasteiger partial charge in [-0.1, -0.05) is 31.2 Å². The minimum atomic E-state index is 0.00862. The molecule has 2 aromatic carbocycles. The van der Waals surface area contributed by atoms with Crippen LogP contribution in [0.15, 0.2) is 54.6 Å². The van der Waals surface area contributed by atoms with Crippen LogP contribution in [-0.4, -0.2) is 18.6 Å². The second-order valence-corrected chi connectivity index (χ2v) is 8.06. The van der Waals surface area contributed by atoms with Crippen molar-refractivity contribution in [1.82, 2.24) is 5.32 Å². The Morgan fingerprint density at radius 3 is 2.72 bits per heavy atom. The maximum Gasteiger partial charge on any atom is 0.251 e. The second kappa shape index (κ2) is 8.32. The van der Waals surface area contributed by atoms with E-state index in [0.29, 0.717) is 18.4 Å². The summed E-state index contributed by atoms with van der Waals surface area (Å²) < 4.78 is 5.59. The summed E-state index contributed by atoms with van der Waals surface area (Å²) in [7, 11) is 0. The average Bonchev–Trinajstić information content (AvgIpc) is 3.24. The van der Waals surface area contributed by atoms with Crippen molar-refractivity contribution in [3.63, 3.8) is 0 Å². The molecule has 0 saturated heterocycles. The number of hydrogen-bond donors (Lipinski definition) is 2. The second-order valence-electron chi connectivity index (χ2n) is 8.06. The van der Waals surface area contributed by atoms with Crippen molar-refractivity contribution < 1.29 is 9.53 Å². The molecule has 0 saturated carbocycles. The van der Waals surface area contributed by atoms with Gasteiger partial charge in [-0.2, -0.15) is 0 Å². The fourth-order valence-corrected chi connectivity index (χ4v) is 4.41. The Morgan fingerprint density at radius 1 is 1.21 bits per heavy atom. The molecule has 0 radical (unpaired) electrons. The lowest BCUT2D eigenvalue weighted by atomic mass is 9.76. The van der Waals surface area contributed by atoms with Gasteiger partial charge in [-0.3, -0.25) is 4.79 Å². The zero-order valence-electron chi connectivity index (χ0n) is 17.4. The molecule has 0 aromatic heterocycles. The molecule has 4 heteroatoms. The quantitative estimate of drug-likeness (QED) is 0.646. The third-order valence-corrected chi connectivity index (χ3v) is 6.17. The van der Waals surface area contributed by atoms with E-state index in [4.69, 9.17) is 4.74 Å². The van der Waals surface area contributed by atoms with Crippen LogP contribution >= 0.6 is 0 Å². The normalized spacial score (nSPS) is 22.9. The number of nitrogens with one attached hydrogen (secondary N) is 2. The number of benzene rings is 2. The fraction of sp³-hybridized carbons (Fsp3) is 0.400. The minimum absolute atomic E-state index is 0.00862. The van der Waals surface area contributed by atoms with Gasteiger partial charge in [-0.15, -0.1) is 0 Å². The van der Waals surface area contributed by atoms with Crippen LogP contribution in [0.5, 0.6) is 5.75 Å². The van der Waals surface area contributed by atoms with E-state index in [9.17, 15) is 4.79 Å². The maximum atomic E-state index is 12.6. The van der Waals surface area contributed by atoms with Gasteiger partial charge in [0.2, 0.25) is 0 Å². The molecule has 2 aromatic rings. The van der Waals surface area contributed by atoms with Gasteiger partial charge < -0.3 is 15.4 Å². The molecule has 152 valence electrons. The highest BCUT2D eigenvalue weighted by molar-refractivity contribution is 5.95. The molecular weight excluding hydrogens is 360 g/mol. The number of carbonyl (C=O) groups is 1. The van der Waals surface area contributed by atoms with Gasteiger partial charge in [0.1, 0.15) is 5.75 Å². The Labute approximate surface area is 173 Å². The van der Waals surface area contributed by atoms with Crippen molar-refractivity contribution in [2.75, 3.05) is 11.9 Å². The summed E-state index contributed by atoms with van der Waals surface area (Å²) in [6.07, 6.45) is 6.55. The molecule has 1 amide bonds. The standard InChI is InChI=1S/C25H30N2O2/c1-4-16(3)26-25(28)18-11-14-23-22(15-18)20-7-6-8-21(20)24(27-23)17-9-12-19(13-10-17)29-5-2/h6-7,9-16,20-21,24,27H,4-5,8H2,1-3H3,(H,26,28). The van der Waals surface area contributed by atoms with E-state index in [1.165, 1.54) is 11.1 Å². The Hall–Kier alpha value is -2.75. The van der Waals surface area contributed by atoms with Gasteiger partial charge in [-0.25, -0.2) is 0 Å². The number of fused-ring (bicyclic) bond motifs is 3. The molecule has 0 bridgehead atoms. The van der Waals surface area contributed by atoms with E-state index in [-0.39, 0.29) is 18.0 Å². The Kier molecular flexibility index (Phi) is 5.61. The van der Waals surface area contributed by atoms with Gasteiger partial charge in [0.15, 0.2) is 0 Å². The lowest BCUT2D eigenvalue weighted by Gasteiger charge is -2.37. The summed E-state index contributed by atoms with van der Waals surface area (Å²) in [6.45, 7) is 6.79. The molecule has 1 heterocycles. The number of anilines is 1. The summed E-state index contributed by atoms with van der Waals surface area (Å²) in [5, 5.41) is 6.82. The largest absolute Gasteiger partial charge is 0.494 e. The van der Waals surface area contributed by atoms with Crippen LogP contribution < -0.4 is 15.4 Å². The van der Waals surface area contributed by atoms with E-state index in [2.05, 4.69) is 66.1 Å². The number of amides is 1. The molecule has 4 unspecified atom stereocenters. The molecule has 1 aliphatic heterocycles. The molecule has 29 heavy (non-hydrogen) atoms. The SMILES string of the molecule is CCOc1ccc(C2Nc3ccc(C(=O)NC(C)CC)cc3C3C=CCC32)cc1. The number of rotatable bonds is 6. The van der Waals surface area contributed by atoms with Gasteiger partial charge in [0.05, 0.1) is 12.6 Å². The van der Waals surface area contributed by atoms with Crippen molar-refractivity contribution in [3.8, 4) is 5.75 Å². The smallest absolute Gasteiger partial charge is 0.251 e. The average molecular weight is 391 g/mol. The van der Waals surface area contributed by atoms with Crippen molar-refractivity contribution in [2.24, 2.45) is 5.92 Å². The number of carbonyl (C=O) groups excluding carboxylic acids is 1. The Bertz CT molecular complexity index is 904. The van der Waals surface area contributed by atoms with Crippen molar-refractivity contribution in [1.29, 1.82) is 0 Å². The predicted octanol–water partition coefficient (Wildman–Crippen LogP) is 5.44. The summed E-state index contributed by atoms with van der Waals surface area (Å²) in [6, 6.07) is 14.9. The van der Waals surface area contributed by atoms with Crippen LogP contribution in [0.3, 0.4) is 0 Å². The summed E-state index contributed by atoms with van der Waals surface area (Å²) in [5.41, 5.74) is 4.36. The molecule has 2 N–H and O–H groups in total. The molecule has 4 nitrogen and oxygen atoms in total. The highest BCUT2D eigenvalue weighted by Crippen LogP contribution is 2.50. The molecular formula is C25H30N2O2. The minimum Gasteiger partial charge on any atom is -0.494 e. The summed E-state index contributed by atoms with van der Waals surface area (Å²) >= 11 is 0. The number of hydrogen-bond acceptors (Lipinski definition) is 3. The first-order valence-electron chi connectivity index (χ1n) is 10.7. The highest BCUT2D eigenvalue weighted by Gasteiger charge is 2.38. The number of ether oxygens (including phenoxy) is 1. The van der Waals surface area contributed by atoms with Crippen LogP contribution in [0, 0.1) is 5.92 Å². The topological polar surface area (TPSA) is 50.4 Å². The lowest BCUT2D eigenvalue weighted by molar-refractivity contribution is 0.0939. The van der Waals surface area contributed by atoms with E-state index in [1.807, 2.05) is 19.9 Å². The lowest BCUT2D eigenvalue weighted by Crippen LogP contribution is -2.33. The van der Waals surface area contributed by atoms with Gasteiger partial charge in [-0.05, 0) is 74.1 Å². The summed E-state index contributed by atoms with van der Waals surface area (Å²) in [5.74, 6) is 1.70. The summed E-state index contributed by atoms with van der Waals surface area (Å²) in [4.78, 5) is 12.6. The van der Waals surface area contributed by atoms with Crippen molar-refractivity contribution >= 4 is 11.6 Å². The third kappa shape index (κ3) is 3.89. The van der Waals surface area contributed by atoms with Crippen LogP contribution in [0.2, 0.25) is 0 Å². The molecule has 0 fully saturated rings. The predicted molar refractivity (Wildman–Crippen MR) is 118 cm³/mol. The molecule has 2 aliphatic rings. The van der Waals surface area contributed by atoms with E-state index < -0.39 is 0 Å². The molecule has 4 atom stereocenters. The number of allylic oxidation sites excluding steroid dienone is 2.